The Bertz CT molecular complexity index is 352. The van der Waals surface area contributed by atoms with Crippen molar-refractivity contribution in [2.75, 3.05) is 13.6 Å². The second-order valence-electron chi connectivity index (χ2n) is 2.98. The summed E-state index contributed by atoms with van der Waals surface area (Å²) < 4.78 is 0. The average Bonchev–Trinajstić information content (AvgIpc) is 2.71. The molecule has 74 valence electrons. The van der Waals surface area contributed by atoms with E-state index in [1.807, 2.05) is 12.4 Å². The van der Waals surface area contributed by atoms with Crippen LogP contribution < -0.4 is 5.43 Å². The molecule has 5 nitrogen and oxygen atoms in total. The van der Waals surface area contributed by atoms with E-state index in [-0.39, 0.29) is 0 Å². The molecule has 1 aromatic rings. The molecule has 1 aliphatic rings. The van der Waals surface area contributed by atoms with Crippen LogP contribution in [0.1, 0.15) is 5.01 Å². The predicted octanol–water partition coefficient (Wildman–Crippen LogP) is -0.684. The van der Waals surface area contributed by atoms with Gasteiger partial charge in [-0.05, 0) is 0 Å². The van der Waals surface area contributed by atoms with Crippen molar-refractivity contribution in [1.82, 2.24) is 15.4 Å². The van der Waals surface area contributed by atoms with Crippen molar-refractivity contribution >= 4 is 24.2 Å². The Balaban J connectivity index is 2.42. The Morgan fingerprint density at radius 2 is 2.43 bits per heavy atom. The van der Waals surface area contributed by atoms with Crippen LogP contribution in [-0.2, 0) is 0 Å². The van der Waals surface area contributed by atoms with Crippen molar-refractivity contribution < 1.29 is 10.0 Å². The molecule has 0 fully saturated rings. The Labute approximate surface area is 85.8 Å². The number of nitrogens with zero attached hydrogens (tertiary/aromatic N) is 2. The molecule has 0 radical (unpaired) electrons. The number of aromatic nitrogens is 1. The summed E-state index contributed by atoms with van der Waals surface area (Å²) >= 11 is 1.47. The van der Waals surface area contributed by atoms with Crippen molar-refractivity contribution in [2.24, 2.45) is 0 Å². The molecule has 1 aliphatic heterocycles. The first-order valence-electron chi connectivity index (χ1n) is 4.16. The number of hydrazine groups is 1. The molecule has 0 aromatic carbocycles. The van der Waals surface area contributed by atoms with Gasteiger partial charge >= 0.3 is 7.12 Å². The maximum Gasteiger partial charge on any atom is 0.487 e. The van der Waals surface area contributed by atoms with Gasteiger partial charge in [-0.3, -0.25) is 0 Å². The largest absolute Gasteiger partial charge is 0.487 e. The smallest absolute Gasteiger partial charge is 0.423 e. The predicted molar refractivity (Wildman–Crippen MR) is 55.0 cm³/mol. The first-order valence-corrected chi connectivity index (χ1v) is 5.04. The fourth-order valence-electron chi connectivity index (χ4n) is 1.42. The summed E-state index contributed by atoms with van der Waals surface area (Å²) in [6.45, 7) is 0.448. The topological polar surface area (TPSA) is 68.6 Å². The molecule has 0 unspecified atom stereocenters. The molecule has 0 atom stereocenters. The van der Waals surface area contributed by atoms with E-state index < -0.39 is 7.12 Å². The number of hydrogen-bond acceptors (Lipinski definition) is 6. The van der Waals surface area contributed by atoms with Crippen LogP contribution in [0.4, 0.5) is 0 Å². The fourth-order valence-corrected chi connectivity index (χ4v) is 2.17. The van der Waals surface area contributed by atoms with Crippen molar-refractivity contribution in [3.63, 3.8) is 0 Å². The third-order valence-electron chi connectivity index (χ3n) is 2.09. The summed E-state index contributed by atoms with van der Waals surface area (Å²) in [4.78, 5) is 4.14. The van der Waals surface area contributed by atoms with E-state index in [4.69, 9.17) is 10.0 Å². The highest BCUT2D eigenvalue weighted by Crippen LogP contribution is 2.26. The van der Waals surface area contributed by atoms with Gasteiger partial charge in [0.1, 0.15) is 5.01 Å². The monoisotopic (exact) mass is 211 g/mol. The van der Waals surface area contributed by atoms with Gasteiger partial charge in [-0.25, -0.2) is 10.4 Å². The quantitative estimate of drug-likeness (QED) is 0.565. The number of rotatable bonds is 2. The van der Waals surface area contributed by atoms with Crippen LogP contribution in [0.3, 0.4) is 0 Å². The molecule has 2 rings (SSSR count). The lowest BCUT2D eigenvalue weighted by molar-refractivity contribution is 0.389. The summed E-state index contributed by atoms with van der Waals surface area (Å²) in [5.74, 6) is 0. The van der Waals surface area contributed by atoms with Gasteiger partial charge in [-0.1, -0.05) is 0 Å². The van der Waals surface area contributed by atoms with Gasteiger partial charge in [0.25, 0.3) is 0 Å². The summed E-state index contributed by atoms with van der Waals surface area (Å²) in [5, 5.41) is 22.7. The number of thiazole rings is 1. The lowest BCUT2D eigenvalue weighted by Gasteiger charge is -2.14. The van der Waals surface area contributed by atoms with Crippen LogP contribution in [0.2, 0.25) is 0 Å². The van der Waals surface area contributed by atoms with Crippen molar-refractivity contribution in [3.05, 3.63) is 22.1 Å². The molecule has 0 amide bonds. The zero-order chi connectivity index (χ0) is 10.1. The highest BCUT2D eigenvalue weighted by Gasteiger charge is 2.29. The Morgan fingerprint density at radius 1 is 1.64 bits per heavy atom. The highest BCUT2D eigenvalue weighted by molar-refractivity contribution is 7.10. The van der Waals surface area contributed by atoms with Crippen molar-refractivity contribution in [1.29, 1.82) is 0 Å². The standard InChI is InChI=1S/C7H10BN3O2S/c1-11-6(7-9-2-3-14-7)5(4-10-11)8(12)13/h2-3,10,12-13H,4H2,1H3. The molecule has 7 heteroatoms. The van der Waals surface area contributed by atoms with Gasteiger partial charge in [0, 0.05) is 30.6 Å². The number of nitrogens with one attached hydrogen (secondary N) is 1. The van der Waals surface area contributed by atoms with Gasteiger partial charge in [0.05, 0.1) is 5.70 Å². The van der Waals surface area contributed by atoms with Crippen LogP contribution in [-0.4, -0.2) is 40.8 Å². The van der Waals surface area contributed by atoms with E-state index in [9.17, 15) is 0 Å². The van der Waals surface area contributed by atoms with Gasteiger partial charge in [-0.15, -0.1) is 11.3 Å². The normalized spacial score (nSPS) is 16.6. The van der Waals surface area contributed by atoms with E-state index in [2.05, 4.69) is 10.4 Å². The van der Waals surface area contributed by atoms with E-state index in [1.165, 1.54) is 11.3 Å². The molecule has 0 spiro atoms. The maximum atomic E-state index is 9.15. The molecular weight excluding hydrogens is 201 g/mol. The van der Waals surface area contributed by atoms with E-state index >= 15 is 0 Å². The van der Waals surface area contributed by atoms with Crippen molar-refractivity contribution in [3.8, 4) is 0 Å². The molecule has 0 saturated carbocycles. The minimum absolute atomic E-state index is 0.448. The Kier molecular flexibility index (Phi) is 2.55. The summed E-state index contributed by atoms with van der Waals surface area (Å²) in [6.07, 6.45) is 1.69. The van der Waals surface area contributed by atoms with Crippen LogP contribution in [0.25, 0.3) is 5.70 Å². The van der Waals surface area contributed by atoms with E-state index in [0.717, 1.165) is 10.7 Å². The van der Waals surface area contributed by atoms with E-state index in [0.29, 0.717) is 12.0 Å². The zero-order valence-corrected chi connectivity index (χ0v) is 8.45. The second kappa shape index (κ2) is 3.70. The lowest BCUT2D eigenvalue weighted by Crippen LogP contribution is -2.27. The summed E-state index contributed by atoms with van der Waals surface area (Å²) in [5.41, 5.74) is 4.31. The third kappa shape index (κ3) is 1.55. The van der Waals surface area contributed by atoms with Crippen LogP contribution in [0.5, 0.6) is 0 Å². The SMILES string of the molecule is CN1NCC(B(O)O)=C1c1nccs1. The molecule has 0 bridgehead atoms. The molecular formula is C7H10BN3O2S. The first-order chi connectivity index (χ1) is 6.70. The zero-order valence-electron chi connectivity index (χ0n) is 7.64. The highest BCUT2D eigenvalue weighted by atomic mass is 32.1. The van der Waals surface area contributed by atoms with Crippen molar-refractivity contribution in [2.45, 2.75) is 0 Å². The molecule has 3 N–H and O–H groups in total. The molecule has 0 saturated heterocycles. The van der Waals surface area contributed by atoms with E-state index in [1.54, 1.807) is 11.2 Å². The molecule has 0 aliphatic carbocycles. The van der Waals surface area contributed by atoms with Crippen LogP contribution >= 0.6 is 11.3 Å². The average molecular weight is 211 g/mol. The minimum atomic E-state index is -1.42. The van der Waals surface area contributed by atoms with Gasteiger partial charge < -0.3 is 15.1 Å². The summed E-state index contributed by atoms with van der Waals surface area (Å²) in [6, 6.07) is 0. The Hall–Kier alpha value is -0.885. The van der Waals surface area contributed by atoms with Gasteiger partial charge in [0.2, 0.25) is 0 Å². The molecule has 2 heterocycles. The molecule has 14 heavy (non-hydrogen) atoms. The fraction of sp³-hybridized carbons (Fsp3) is 0.286. The van der Waals surface area contributed by atoms with Gasteiger partial charge in [-0.2, -0.15) is 0 Å². The van der Waals surface area contributed by atoms with Crippen LogP contribution in [0.15, 0.2) is 17.0 Å². The van der Waals surface area contributed by atoms with Gasteiger partial charge in [0.15, 0.2) is 0 Å². The second-order valence-corrected chi connectivity index (χ2v) is 3.87. The lowest BCUT2D eigenvalue weighted by atomic mass is 9.78. The van der Waals surface area contributed by atoms with Crippen LogP contribution in [0, 0.1) is 0 Å². The molecule has 1 aromatic heterocycles. The minimum Gasteiger partial charge on any atom is -0.423 e. The number of hydrogen-bond donors (Lipinski definition) is 3. The maximum absolute atomic E-state index is 9.15. The third-order valence-corrected chi connectivity index (χ3v) is 2.87. The first kappa shape index (κ1) is 9.66. The Morgan fingerprint density at radius 3 is 3.00 bits per heavy atom. The summed E-state index contributed by atoms with van der Waals surface area (Å²) in [7, 11) is 0.401.